The fourth-order valence-electron chi connectivity index (χ4n) is 0.532. The molecule has 6 nitrogen and oxygen atoms in total. The SMILES string of the molecule is CC1=[O+]CCCO1.[O-][Cl+3]([O-])([O-])[O-]. The Hall–Kier alpha value is -0.400. The van der Waals surface area contributed by atoms with E-state index < -0.39 is 10.2 Å². The van der Waals surface area contributed by atoms with Crippen LogP contribution >= 0.6 is 0 Å². The predicted octanol–water partition coefficient (Wildman–Crippen LogP) is -4.27. The lowest BCUT2D eigenvalue weighted by atomic mass is 10.5. The van der Waals surface area contributed by atoms with E-state index in [1.807, 2.05) is 6.92 Å². The molecular formula is C5H9ClO6. The van der Waals surface area contributed by atoms with Gasteiger partial charge in [-0.05, 0) is 0 Å². The normalized spacial score (nSPS) is 16.9. The highest BCUT2D eigenvalue weighted by Gasteiger charge is 2.10. The van der Waals surface area contributed by atoms with Gasteiger partial charge in [-0.3, -0.25) is 0 Å². The lowest BCUT2D eigenvalue weighted by Gasteiger charge is -2.17. The van der Waals surface area contributed by atoms with Crippen LogP contribution in [0.5, 0.6) is 0 Å². The molecule has 0 atom stereocenters. The summed E-state index contributed by atoms with van der Waals surface area (Å²) in [7, 11) is -4.94. The van der Waals surface area contributed by atoms with Gasteiger partial charge in [0.1, 0.15) is 0 Å². The molecular weight excluding hydrogens is 192 g/mol. The third kappa shape index (κ3) is 12.3. The van der Waals surface area contributed by atoms with E-state index in [9.17, 15) is 0 Å². The van der Waals surface area contributed by atoms with Crippen molar-refractivity contribution in [2.24, 2.45) is 0 Å². The van der Waals surface area contributed by atoms with E-state index in [1.165, 1.54) is 0 Å². The molecule has 0 radical (unpaired) electrons. The highest BCUT2D eigenvalue weighted by atomic mass is 35.7. The first kappa shape index (κ1) is 11.6. The van der Waals surface area contributed by atoms with Gasteiger partial charge in [0.25, 0.3) is 0 Å². The number of carbonyl (C=O) groups excluding carboxylic acids is 1. The molecule has 7 heteroatoms. The van der Waals surface area contributed by atoms with E-state index in [1.54, 1.807) is 0 Å². The number of esters is 1. The van der Waals surface area contributed by atoms with Crippen LogP contribution in [0.2, 0.25) is 0 Å². The molecule has 1 aliphatic heterocycles. The van der Waals surface area contributed by atoms with Gasteiger partial charge in [-0.25, -0.2) is 18.6 Å². The highest BCUT2D eigenvalue weighted by molar-refractivity contribution is 5.66. The lowest BCUT2D eigenvalue weighted by Crippen LogP contribution is -2.68. The Morgan fingerprint density at radius 2 is 1.83 bits per heavy atom. The fourth-order valence-corrected chi connectivity index (χ4v) is 0.532. The van der Waals surface area contributed by atoms with Crippen LogP contribution in [0.4, 0.5) is 0 Å². The average Bonchev–Trinajstić information content (AvgIpc) is 1.85. The largest absolute Gasteiger partial charge is 0.481 e. The van der Waals surface area contributed by atoms with Crippen LogP contribution in [0.15, 0.2) is 0 Å². The zero-order valence-corrected chi connectivity index (χ0v) is 7.20. The van der Waals surface area contributed by atoms with Crippen molar-refractivity contribution in [3.8, 4) is 0 Å². The standard InChI is InChI=1S/C5H9O2.ClHO4/c1-5-6-3-2-4-7-5;2-1(3,4)5/h2-4H2,1H3;(H,2,3,4,5)/q+1;/p-1. The zero-order valence-electron chi connectivity index (χ0n) is 6.45. The van der Waals surface area contributed by atoms with Crippen molar-refractivity contribution < 1.29 is 38.0 Å². The summed E-state index contributed by atoms with van der Waals surface area (Å²) in [5.41, 5.74) is 0. The van der Waals surface area contributed by atoms with E-state index in [4.69, 9.17) is 27.8 Å². The molecule has 1 aliphatic rings. The van der Waals surface area contributed by atoms with E-state index in [0.29, 0.717) is 5.97 Å². The molecule has 0 bridgehead atoms. The van der Waals surface area contributed by atoms with Crippen LogP contribution in [-0.2, 0) is 9.16 Å². The molecule has 0 aromatic heterocycles. The van der Waals surface area contributed by atoms with Crippen molar-refractivity contribution in [2.45, 2.75) is 13.3 Å². The Bertz CT molecular complexity index is 145. The highest BCUT2D eigenvalue weighted by Crippen LogP contribution is 1.89. The molecule has 0 saturated carbocycles. The molecule has 0 unspecified atom stereocenters. The summed E-state index contributed by atoms with van der Waals surface area (Å²) in [5.74, 6) is 0.714. The van der Waals surface area contributed by atoms with Crippen LogP contribution in [0, 0.1) is 10.2 Å². The fraction of sp³-hybridized carbons (Fsp3) is 0.800. The van der Waals surface area contributed by atoms with Crippen LogP contribution in [0.3, 0.4) is 0 Å². The first-order valence-corrected chi connectivity index (χ1v) is 4.34. The summed E-state index contributed by atoms with van der Waals surface area (Å²) in [6.45, 7) is 3.48. The van der Waals surface area contributed by atoms with Gasteiger partial charge >= 0.3 is 5.97 Å². The molecule has 0 N–H and O–H groups in total. The minimum absolute atomic E-state index is 0.714. The van der Waals surface area contributed by atoms with E-state index in [-0.39, 0.29) is 0 Å². The third-order valence-electron chi connectivity index (χ3n) is 0.899. The molecule has 1 rings (SSSR count). The van der Waals surface area contributed by atoms with Crippen molar-refractivity contribution in [3.63, 3.8) is 0 Å². The van der Waals surface area contributed by atoms with Gasteiger partial charge in [-0.1, -0.05) is 0 Å². The van der Waals surface area contributed by atoms with Gasteiger partial charge in [-0.15, -0.1) is 10.2 Å². The van der Waals surface area contributed by atoms with E-state index in [0.717, 1.165) is 19.6 Å². The van der Waals surface area contributed by atoms with Crippen LogP contribution < -0.4 is 18.6 Å². The summed E-state index contributed by atoms with van der Waals surface area (Å²) >= 11 is 0. The van der Waals surface area contributed by atoms with Gasteiger partial charge < -0.3 is 9.16 Å². The van der Waals surface area contributed by atoms with Crippen LogP contribution in [0.25, 0.3) is 0 Å². The number of hydrogen-bond donors (Lipinski definition) is 0. The molecule has 0 spiro atoms. The first-order chi connectivity index (χ1) is 5.39. The van der Waals surface area contributed by atoms with Crippen molar-refractivity contribution in [1.29, 1.82) is 0 Å². The molecule has 1 heterocycles. The molecule has 0 aromatic carbocycles. The second kappa shape index (κ2) is 5.28. The summed E-state index contributed by atoms with van der Waals surface area (Å²) in [5, 5.41) is 0. The Morgan fingerprint density at radius 3 is 2.00 bits per heavy atom. The van der Waals surface area contributed by atoms with Crippen LogP contribution in [-0.4, -0.2) is 19.2 Å². The van der Waals surface area contributed by atoms with Crippen molar-refractivity contribution >= 4 is 5.97 Å². The minimum atomic E-state index is -4.94. The molecule has 12 heavy (non-hydrogen) atoms. The molecule has 0 saturated heterocycles. The number of halogens is 1. The van der Waals surface area contributed by atoms with Gasteiger partial charge in [-0.2, -0.15) is 0 Å². The Labute approximate surface area is 71.4 Å². The molecule has 0 fully saturated rings. The molecule has 0 aliphatic carbocycles. The zero-order chi connectivity index (χ0) is 9.61. The van der Waals surface area contributed by atoms with E-state index >= 15 is 0 Å². The molecule has 72 valence electrons. The summed E-state index contributed by atoms with van der Waals surface area (Å²) in [4.78, 5) is 0. The average molecular weight is 201 g/mol. The summed E-state index contributed by atoms with van der Waals surface area (Å²) in [6.07, 6.45) is 1.03. The molecule has 0 aromatic rings. The van der Waals surface area contributed by atoms with Gasteiger partial charge in [0.05, 0.1) is 13.3 Å². The molecule has 0 amide bonds. The summed E-state index contributed by atoms with van der Waals surface area (Å²) in [6, 6.07) is 0. The van der Waals surface area contributed by atoms with Crippen molar-refractivity contribution in [1.82, 2.24) is 0 Å². The predicted molar refractivity (Wildman–Crippen MR) is 26.1 cm³/mol. The van der Waals surface area contributed by atoms with Gasteiger partial charge in [0, 0.05) is 0 Å². The quantitative estimate of drug-likeness (QED) is 0.290. The number of ether oxygens (including phenoxy) is 1. The second-order valence-electron chi connectivity index (χ2n) is 1.92. The smallest absolute Gasteiger partial charge is 0.322 e. The number of rotatable bonds is 0. The lowest BCUT2D eigenvalue weighted by molar-refractivity contribution is -2.00. The van der Waals surface area contributed by atoms with Gasteiger partial charge in [0.15, 0.2) is 13.2 Å². The second-order valence-corrected chi connectivity index (χ2v) is 2.68. The van der Waals surface area contributed by atoms with E-state index in [2.05, 4.69) is 0 Å². The Kier molecular flexibility index (Phi) is 5.11. The number of cyclic esters (lactones) is 1. The Morgan fingerprint density at radius 1 is 1.33 bits per heavy atom. The third-order valence-corrected chi connectivity index (χ3v) is 0.899. The minimum Gasteiger partial charge on any atom is -0.322 e. The van der Waals surface area contributed by atoms with Crippen molar-refractivity contribution in [2.75, 3.05) is 13.2 Å². The maximum atomic E-state index is 8.49. The maximum Gasteiger partial charge on any atom is 0.481 e. The van der Waals surface area contributed by atoms with Crippen LogP contribution in [0.1, 0.15) is 13.3 Å². The number of hydrogen-bond acceptors (Lipinski definition) is 5. The maximum absolute atomic E-state index is 8.49. The Balaban J connectivity index is 0.000000217. The van der Waals surface area contributed by atoms with Gasteiger partial charge in [0.2, 0.25) is 0 Å². The summed E-state index contributed by atoms with van der Waals surface area (Å²) < 4.78 is 43.9. The first-order valence-electron chi connectivity index (χ1n) is 3.10. The van der Waals surface area contributed by atoms with Crippen molar-refractivity contribution in [3.05, 3.63) is 0 Å². The monoisotopic (exact) mass is 200 g/mol. The topological polar surface area (TPSA) is 113 Å².